The van der Waals surface area contributed by atoms with Crippen molar-refractivity contribution in [3.63, 3.8) is 0 Å². The summed E-state index contributed by atoms with van der Waals surface area (Å²) in [6.07, 6.45) is 0.756. The summed E-state index contributed by atoms with van der Waals surface area (Å²) in [5.41, 5.74) is 5.86. The summed E-state index contributed by atoms with van der Waals surface area (Å²) in [5, 5.41) is 17.0. The highest BCUT2D eigenvalue weighted by atomic mass is 16.6. The molecule has 0 bridgehead atoms. The third kappa shape index (κ3) is 2.90. The van der Waals surface area contributed by atoms with Crippen molar-refractivity contribution in [1.82, 2.24) is 0 Å². The molecular weight excluding hydrogens is 264 g/mol. The average molecular weight is 280 g/mol. The molecule has 0 saturated carbocycles. The first-order chi connectivity index (χ1) is 9.49. The molecule has 0 saturated heterocycles. The Hall–Kier alpha value is -2.51. The summed E-state index contributed by atoms with van der Waals surface area (Å²) in [6, 6.07) is 2.35. The van der Waals surface area contributed by atoms with Crippen LogP contribution in [0.2, 0.25) is 0 Å². The minimum Gasteiger partial charge on any atom is -0.491 e. The minimum absolute atomic E-state index is 0.0939. The number of nitrogens with zero attached hydrogens (tertiary/aromatic N) is 1. The van der Waals surface area contributed by atoms with E-state index in [9.17, 15) is 14.9 Å². The molecule has 0 aromatic heterocycles. The third-order valence-corrected chi connectivity index (χ3v) is 2.97. The highest BCUT2D eigenvalue weighted by Gasteiger charge is 2.23. The number of anilines is 2. The molecule has 8 nitrogen and oxygen atoms in total. The van der Waals surface area contributed by atoms with Gasteiger partial charge in [-0.2, -0.15) is 0 Å². The normalized spacial score (nSPS) is 15.1. The number of ether oxygens (including phenoxy) is 1. The van der Waals surface area contributed by atoms with Crippen LogP contribution in [0.3, 0.4) is 0 Å². The van der Waals surface area contributed by atoms with E-state index in [0.29, 0.717) is 30.3 Å². The van der Waals surface area contributed by atoms with Crippen LogP contribution in [0.4, 0.5) is 17.1 Å². The summed E-state index contributed by atoms with van der Waals surface area (Å²) in [7, 11) is 0. The van der Waals surface area contributed by atoms with Gasteiger partial charge < -0.3 is 21.1 Å². The van der Waals surface area contributed by atoms with E-state index in [1.165, 1.54) is 6.07 Å². The van der Waals surface area contributed by atoms with E-state index in [1.807, 2.05) is 0 Å². The van der Waals surface area contributed by atoms with E-state index in [0.717, 1.165) is 6.42 Å². The van der Waals surface area contributed by atoms with Crippen LogP contribution in [0.5, 0.6) is 5.75 Å². The van der Waals surface area contributed by atoms with Crippen molar-refractivity contribution >= 4 is 23.0 Å². The molecule has 0 fully saturated rings. The van der Waals surface area contributed by atoms with Crippen molar-refractivity contribution in [2.75, 3.05) is 23.8 Å². The summed E-state index contributed by atoms with van der Waals surface area (Å²) < 4.78 is 5.50. The van der Waals surface area contributed by atoms with Gasteiger partial charge in [-0.1, -0.05) is 0 Å². The molecule has 1 amide bonds. The van der Waals surface area contributed by atoms with E-state index in [2.05, 4.69) is 10.6 Å². The van der Waals surface area contributed by atoms with Crippen LogP contribution < -0.4 is 21.1 Å². The smallest absolute Gasteiger partial charge is 0.298 e. The van der Waals surface area contributed by atoms with E-state index >= 15 is 0 Å². The molecule has 1 aliphatic heterocycles. The Morgan fingerprint density at radius 3 is 3.00 bits per heavy atom. The fourth-order valence-corrected chi connectivity index (χ4v) is 1.91. The van der Waals surface area contributed by atoms with Gasteiger partial charge in [-0.25, -0.2) is 0 Å². The molecule has 8 heteroatoms. The maximum Gasteiger partial charge on any atom is 0.298 e. The van der Waals surface area contributed by atoms with Crippen LogP contribution >= 0.6 is 0 Å². The number of nitrogens with two attached hydrogens (primary N) is 1. The predicted octanol–water partition coefficient (Wildman–Crippen LogP) is 1.07. The Morgan fingerprint density at radius 1 is 1.60 bits per heavy atom. The van der Waals surface area contributed by atoms with Gasteiger partial charge in [0.25, 0.3) is 5.69 Å². The topological polar surface area (TPSA) is 120 Å². The Balaban J connectivity index is 2.40. The van der Waals surface area contributed by atoms with Gasteiger partial charge in [-0.15, -0.1) is 0 Å². The number of rotatable bonds is 4. The van der Waals surface area contributed by atoms with Crippen LogP contribution in [-0.2, 0) is 4.79 Å². The SMILES string of the molecule is CC(Nc1cc2c(c([N+](=O)[O-])c1)NCCCO2)C(N)=O. The lowest BCUT2D eigenvalue weighted by Crippen LogP contribution is -2.32. The molecule has 1 aromatic rings. The number of benzene rings is 1. The zero-order chi connectivity index (χ0) is 14.7. The molecule has 108 valence electrons. The van der Waals surface area contributed by atoms with Gasteiger partial charge in [0, 0.05) is 24.4 Å². The van der Waals surface area contributed by atoms with Gasteiger partial charge in [0.05, 0.1) is 11.5 Å². The number of nitro benzene ring substituents is 1. The van der Waals surface area contributed by atoms with Crippen molar-refractivity contribution in [1.29, 1.82) is 0 Å². The van der Waals surface area contributed by atoms with Crippen molar-refractivity contribution in [3.8, 4) is 5.75 Å². The zero-order valence-electron chi connectivity index (χ0n) is 11.0. The molecule has 1 unspecified atom stereocenters. The number of amides is 1. The lowest BCUT2D eigenvalue weighted by atomic mass is 10.2. The molecule has 0 spiro atoms. The Kier molecular flexibility index (Phi) is 3.92. The standard InChI is InChI=1S/C12H16N4O4/c1-7(12(13)17)15-8-5-9(16(18)19)11-10(6-8)20-4-2-3-14-11/h5-7,14-15H,2-4H2,1H3,(H2,13,17). The monoisotopic (exact) mass is 280 g/mol. The van der Waals surface area contributed by atoms with Gasteiger partial charge in [-0.3, -0.25) is 14.9 Å². The molecule has 2 rings (SSSR count). The number of fused-ring (bicyclic) bond motifs is 1. The van der Waals surface area contributed by atoms with E-state index in [1.54, 1.807) is 13.0 Å². The molecule has 1 aliphatic rings. The number of nitrogens with one attached hydrogen (secondary N) is 2. The van der Waals surface area contributed by atoms with Gasteiger partial charge in [0.15, 0.2) is 11.4 Å². The largest absolute Gasteiger partial charge is 0.491 e. The predicted molar refractivity (Wildman–Crippen MR) is 74.0 cm³/mol. The molecule has 1 aromatic carbocycles. The molecule has 0 radical (unpaired) electrons. The van der Waals surface area contributed by atoms with Crippen molar-refractivity contribution in [2.45, 2.75) is 19.4 Å². The average Bonchev–Trinajstić information content (AvgIpc) is 2.62. The van der Waals surface area contributed by atoms with Crippen LogP contribution in [0, 0.1) is 10.1 Å². The molecule has 1 heterocycles. The fraction of sp³-hybridized carbons (Fsp3) is 0.417. The summed E-state index contributed by atoms with van der Waals surface area (Å²) in [4.78, 5) is 21.7. The molecular formula is C12H16N4O4. The van der Waals surface area contributed by atoms with Crippen LogP contribution in [-0.4, -0.2) is 30.0 Å². The van der Waals surface area contributed by atoms with E-state index in [4.69, 9.17) is 10.5 Å². The number of hydrogen-bond donors (Lipinski definition) is 3. The van der Waals surface area contributed by atoms with Crippen LogP contribution in [0.1, 0.15) is 13.3 Å². The second-order valence-corrected chi connectivity index (χ2v) is 4.52. The Bertz CT molecular complexity index is 547. The van der Waals surface area contributed by atoms with Crippen molar-refractivity contribution in [3.05, 3.63) is 22.2 Å². The highest BCUT2D eigenvalue weighted by Crippen LogP contribution is 2.39. The van der Waals surface area contributed by atoms with Gasteiger partial charge in [0.1, 0.15) is 6.04 Å². The zero-order valence-corrected chi connectivity index (χ0v) is 11.0. The molecule has 0 aliphatic carbocycles. The lowest BCUT2D eigenvalue weighted by molar-refractivity contribution is -0.383. The second kappa shape index (κ2) is 5.64. The summed E-state index contributed by atoms with van der Waals surface area (Å²) in [6.45, 7) is 2.67. The number of primary amides is 1. The number of hydrogen-bond acceptors (Lipinski definition) is 6. The van der Waals surface area contributed by atoms with Gasteiger partial charge in [0.2, 0.25) is 5.91 Å². The van der Waals surface area contributed by atoms with Gasteiger partial charge >= 0.3 is 0 Å². The van der Waals surface area contributed by atoms with Crippen LogP contribution in [0.25, 0.3) is 0 Å². The Morgan fingerprint density at radius 2 is 2.35 bits per heavy atom. The second-order valence-electron chi connectivity index (χ2n) is 4.52. The van der Waals surface area contributed by atoms with E-state index < -0.39 is 16.9 Å². The van der Waals surface area contributed by atoms with Crippen molar-refractivity contribution in [2.24, 2.45) is 5.73 Å². The first-order valence-corrected chi connectivity index (χ1v) is 6.24. The molecule has 4 N–H and O–H groups in total. The minimum atomic E-state index is -0.633. The first-order valence-electron chi connectivity index (χ1n) is 6.24. The highest BCUT2D eigenvalue weighted by molar-refractivity contribution is 5.84. The molecule has 20 heavy (non-hydrogen) atoms. The number of carbonyl (C=O) groups excluding carboxylic acids is 1. The van der Waals surface area contributed by atoms with Crippen LogP contribution in [0.15, 0.2) is 12.1 Å². The van der Waals surface area contributed by atoms with Gasteiger partial charge in [-0.05, 0) is 13.3 Å². The summed E-state index contributed by atoms with van der Waals surface area (Å²) >= 11 is 0. The van der Waals surface area contributed by atoms with Crippen molar-refractivity contribution < 1.29 is 14.5 Å². The Labute approximate surface area is 115 Å². The number of nitro groups is 1. The fourth-order valence-electron chi connectivity index (χ4n) is 1.91. The summed E-state index contributed by atoms with van der Waals surface area (Å²) in [5.74, 6) is -0.141. The first kappa shape index (κ1) is 13.9. The molecule has 1 atom stereocenters. The maximum absolute atomic E-state index is 11.1. The lowest BCUT2D eigenvalue weighted by Gasteiger charge is -2.15. The number of carbonyl (C=O) groups is 1. The maximum atomic E-state index is 11.1. The quantitative estimate of drug-likeness (QED) is 0.560. The van der Waals surface area contributed by atoms with E-state index in [-0.39, 0.29) is 5.69 Å². The third-order valence-electron chi connectivity index (χ3n) is 2.97.